The Morgan fingerprint density at radius 1 is 1.10 bits per heavy atom. The SMILES string of the molecule is COc1ccc(-c2cn3ccc(Br)cc3n2)c(OC)c1. The number of methoxy groups -OCH3 is 2. The molecule has 0 aliphatic carbocycles. The van der Waals surface area contributed by atoms with Crippen LogP contribution >= 0.6 is 15.9 Å². The first-order valence-electron chi connectivity index (χ1n) is 6.08. The Bertz CT molecular complexity index is 768. The van der Waals surface area contributed by atoms with E-state index in [-0.39, 0.29) is 0 Å². The normalized spacial score (nSPS) is 10.8. The third-order valence-electron chi connectivity index (χ3n) is 3.11. The lowest BCUT2D eigenvalue weighted by Gasteiger charge is -2.08. The van der Waals surface area contributed by atoms with E-state index in [1.807, 2.05) is 47.1 Å². The minimum Gasteiger partial charge on any atom is -0.497 e. The van der Waals surface area contributed by atoms with E-state index in [1.165, 1.54) is 0 Å². The van der Waals surface area contributed by atoms with Crippen LogP contribution in [0.25, 0.3) is 16.9 Å². The van der Waals surface area contributed by atoms with Gasteiger partial charge >= 0.3 is 0 Å². The van der Waals surface area contributed by atoms with Crippen molar-refractivity contribution in [2.24, 2.45) is 0 Å². The molecule has 0 fully saturated rings. The molecule has 2 aromatic heterocycles. The van der Waals surface area contributed by atoms with Crippen LogP contribution in [0.1, 0.15) is 0 Å². The number of pyridine rings is 1. The zero-order chi connectivity index (χ0) is 14.1. The van der Waals surface area contributed by atoms with E-state index in [4.69, 9.17) is 9.47 Å². The molecule has 0 radical (unpaired) electrons. The van der Waals surface area contributed by atoms with Gasteiger partial charge in [-0.05, 0) is 24.3 Å². The first kappa shape index (κ1) is 13.0. The lowest BCUT2D eigenvalue weighted by Crippen LogP contribution is -1.90. The summed E-state index contributed by atoms with van der Waals surface area (Å²) in [6.07, 6.45) is 3.94. The van der Waals surface area contributed by atoms with E-state index in [0.717, 1.165) is 32.9 Å². The summed E-state index contributed by atoms with van der Waals surface area (Å²) < 4.78 is 13.6. The van der Waals surface area contributed by atoms with Crippen molar-refractivity contribution in [3.63, 3.8) is 0 Å². The van der Waals surface area contributed by atoms with Crippen molar-refractivity contribution in [1.29, 1.82) is 0 Å². The highest BCUT2D eigenvalue weighted by atomic mass is 79.9. The number of ether oxygens (including phenoxy) is 2. The highest BCUT2D eigenvalue weighted by Crippen LogP contribution is 2.33. The van der Waals surface area contributed by atoms with E-state index in [1.54, 1.807) is 14.2 Å². The molecule has 0 spiro atoms. The Hall–Kier alpha value is -2.01. The molecule has 102 valence electrons. The molecule has 1 aromatic carbocycles. The number of halogens is 1. The van der Waals surface area contributed by atoms with Crippen LogP contribution in [0, 0.1) is 0 Å². The van der Waals surface area contributed by atoms with Gasteiger partial charge in [0.05, 0.1) is 19.9 Å². The van der Waals surface area contributed by atoms with Crippen molar-refractivity contribution in [2.45, 2.75) is 0 Å². The average Bonchev–Trinajstić information content (AvgIpc) is 2.89. The Morgan fingerprint density at radius 2 is 1.95 bits per heavy atom. The Kier molecular flexibility index (Phi) is 3.36. The molecular formula is C15H13BrN2O2. The van der Waals surface area contributed by atoms with Gasteiger partial charge in [0, 0.05) is 28.5 Å². The topological polar surface area (TPSA) is 35.8 Å². The third kappa shape index (κ3) is 2.25. The highest BCUT2D eigenvalue weighted by molar-refractivity contribution is 9.10. The zero-order valence-corrected chi connectivity index (χ0v) is 12.7. The van der Waals surface area contributed by atoms with E-state index in [2.05, 4.69) is 20.9 Å². The molecule has 0 bridgehead atoms. The third-order valence-corrected chi connectivity index (χ3v) is 3.60. The summed E-state index contributed by atoms with van der Waals surface area (Å²) >= 11 is 3.45. The molecule has 20 heavy (non-hydrogen) atoms. The number of imidazole rings is 1. The fourth-order valence-electron chi connectivity index (χ4n) is 2.10. The monoisotopic (exact) mass is 332 g/mol. The second-order valence-electron chi connectivity index (χ2n) is 4.30. The summed E-state index contributed by atoms with van der Waals surface area (Å²) in [5.41, 5.74) is 2.68. The van der Waals surface area contributed by atoms with Gasteiger partial charge in [0.15, 0.2) is 0 Å². The van der Waals surface area contributed by atoms with Crippen LogP contribution in [0.4, 0.5) is 0 Å². The molecule has 5 heteroatoms. The smallest absolute Gasteiger partial charge is 0.138 e. The van der Waals surface area contributed by atoms with Crippen LogP contribution in [0.15, 0.2) is 47.2 Å². The second-order valence-corrected chi connectivity index (χ2v) is 5.22. The molecule has 0 saturated heterocycles. The van der Waals surface area contributed by atoms with E-state index in [0.29, 0.717) is 0 Å². The standard InChI is InChI=1S/C15H13BrN2O2/c1-19-11-3-4-12(14(8-11)20-2)13-9-18-6-5-10(16)7-15(18)17-13/h3-9H,1-2H3. The summed E-state index contributed by atoms with van der Waals surface area (Å²) in [5, 5.41) is 0. The summed E-state index contributed by atoms with van der Waals surface area (Å²) in [4.78, 5) is 4.62. The molecule has 0 aliphatic rings. The summed E-state index contributed by atoms with van der Waals surface area (Å²) in [5.74, 6) is 1.50. The maximum absolute atomic E-state index is 5.42. The van der Waals surface area contributed by atoms with Crippen LogP contribution < -0.4 is 9.47 Å². The predicted molar refractivity (Wildman–Crippen MR) is 81.4 cm³/mol. The van der Waals surface area contributed by atoms with Crippen LogP contribution in [0.3, 0.4) is 0 Å². The molecule has 0 unspecified atom stereocenters. The van der Waals surface area contributed by atoms with Crippen molar-refractivity contribution < 1.29 is 9.47 Å². The molecule has 0 atom stereocenters. The van der Waals surface area contributed by atoms with E-state index < -0.39 is 0 Å². The molecule has 4 nitrogen and oxygen atoms in total. The quantitative estimate of drug-likeness (QED) is 0.732. The fraction of sp³-hybridized carbons (Fsp3) is 0.133. The first-order chi connectivity index (χ1) is 9.71. The zero-order valence-electron chi connectivity index (χ0n) is 11.1. The van der Waals surface area contributed by atoms with Gasteiger partial charge in [0.2, 0.25) is 0 Å². The maximum atomic E-state index is 5.42. The number of hydrogen-bond donors (Lipinski definition) is 0. The number of fused-ring (bicyclic) bond motifs is 1. The number of benzene rings is 1. The number of hydrogen-bond acceptors (Lipinski definition) is 3. The van der Waals surface area contributed by atoms with Gasteiger partial charge in [0.1, 0.15) is 17.1 Å². The summed E-state index contributed by atoms with van der Waals surface area (Å²) in [7, 11) is 3.28. The Balaban J connectivity index is 2.14. The van der Waals surface area contributed by atoms with Crippen LogP contribution in [-0.2, 0) is 0 Å². The van der Waals surface area contributed by atoms with Crippen molar-refractivity contribution in [1.82, 2.24) is 9.38 Å². The van der Waals surface area contributed by atoms with Gasteiger partial charge in [-0.1, -0.05) is 15.9 Å². The Morgan fingerprint density at radius 3 is 2.70 bits per heavy atom. The van der Waals surface area contributed by atoms with E-state index in [9.17, 15) is 0 Å². The molecule has 0 aliphatic heterocycles. The fourth-order valence-corrected chi connectivity index (χ4v) is 2.42. The van der Waals surface area contributed by atoms with Crippen LogP contribution in [0.5, 0.6) is 11.5 Å². The maximum Gasteiger partial charge on any atom is 0.138 e. The first-order valence-corrected chi connectivity index (χ1v) is 6.87. The number of rotatable bonds is 3. The van der Waals surface area contributed by atoms with Gasteiger partial charge in [-0.3, -0.25) is 0 Å². The lowest BCUT2D eigenvalue weighted by atomic mass is 10.1. The van der Waals surface area contributed by atoms with E-state index >= 15 is 0 Å². The van der Waals surface area contributed by atoms with Crippen molar-refractivity contribution >= 4 is 21.6 Å². The van der Waals surface area contributed by atoms with Crippen molar-refractivity contribution in [2.75, 3.05) is 14.2 Å². The van der Waals surface area contributed by atoms with Gasteiger partial charge in [-0.15, -0.1) is 0 Å². The minimum atomic E-state index is 0.742. The predicted octanol–water partition coefficient (Wildman–Crippen LogP) is 3.78. The van der Waals surface area contributed by atoms with Crippen LogP contribution in [0.2, 0.25) is 0 Å². The average molecular weight is 333 g/mol. The minimum absolute atomic E-state index is 0.742. The molecular weight excluding hydrogens is 320 g/mol. The van der Waals surface area contributed by atoms with Gasteiger partial charge in [-0.2, -0.15) is 0 Å². The second kappa shape index (κ2) is 5.17. The van der Waals surface area contributed by atoms with Crippen molar-refractivity contribution in [3.05, 3.63) is 47.2 Å². The lowest BCUT2D eigenvalue weighted by molar-refractivity contribution is 0.395. The van der Waals surface area contributed by atoms with Crippen LogP contribution in [-0.4, -0.2) is 23.6 Å². The summed E-state index contributed by atoms with van der Waals surface area (Å²) in [6, 6.07) is 9.66. The van der Waals surface area contributed by atoms with Crippen molar-refractivity contribution in [3.8, 4) is 22.8 Å². The Labute approximate surface area is 125 Å². The highest BCUT2D eigenvalue weighted by Gasteiger charge is 2.11. The summed E-state index contributed by atoms with van der Waals surface area (Å²) in [6.45, 7) is 0. The molecule has 2 heterocycles. The van der Waals surface area contributed by atoms with Gasteiger partial charge in [-0.25, -0.2) is 4.98 Å². The van der Waals surface area contributed by atoms with Gasteiger partial charge in [0.25, 0.3) is 0 Å². The molecule has 0 N–H and O–H groups in total. The molecule has 3 rings (SSSR count). The molecule has 3 aromatic rings. The molecule has 0 amide bonds. The number of aromatic nitrogens is 2. The largest absolute Gasteiger partial charge is 0.497 e. The number of nitrogens with zero attached hydrogens (tertiary/aromatic N) is 2. The molecule has 0 saturated carbocycles. The van der Waals surface area contributed by atoms with Gasteiger partial charge < -0.3 is 13.9 Å².